The molecule has 2 heterocycles. The number of carboxylic acid groups (broad SMARTS) is 1. The molecule has 1 aliphatic rings. The van der Waals surface area contributed by atoms with Gasteiger partial charge in [-0.05, 0) is 36.6 Å². The predicted molar refractivity (Wildman–Crippen MR) is 91.7 cm³/mol. The van der Waals surface area contributed by atoms with Crippen LogP contribution in [0.3, 0.4) is 0 Å². The summed E-state index contributed by atoms with van der Waals surface area (Å²) >= 11 is 0. The van der Waals surface area contributed by atoms with Gasteiger partial charge in [0.2, 0.25) is 0 Å². The number of aromatic amines is 1. The van der Waals surface area contributed by atoms with Gasteiger partial charge in [0.15, 0.2) is 0 Å². The highest BCUT2D eigenvalue weighted by Gasteiger charge is 2.24. The minimum atomic E-state index is -0.830. The monoisotopic (exact) mass is 332 g/mol. The van der Waals surface area contributed by atoms with Crippen LogP contribution in [-0.4, -0.2) is 22.0 Å². The first-order valence-corrected chi connectivity index (χ1v) is 7.07. The molecule has 1 amide bonds. The van der Waals surface area contributed by atoms with Crippen LogP contribution < -0.4 is 5.32 Å². The highest BCUT2D eigenvalue weighted by atomic mass is 35.5. The van der Waals surface area contributed by atoms with E-state index in [2.05, 4.69) is 10.3 Å². The molecule has 6 heteroatoms. The maximum absolute atomic E-state index is 12.1. The second-order valence-corrected chi connectivity index (χ2v) is 5.32. The third-order valence-electron chi connectivity index (χ3n) is 3.83. The minimum Gasteiger partial charge on any atom is -0.481 e. The Bertz CT molecular complexity index is 793. The minimum absolute atomic E-state index is 0. The van der Waals surface area contributed by atoms with Crippen LogP contribution in [0.2, 0.25) is 0 Å². The van der Waals surface area contributed by atoms with Crippen LogP contribution in [0, 0.1) is 6.92 Å². The normalized spacial score (nSPS) is 14.3. The number of benzene rings is 1. The van der Waals surface area contributed by atoms with Crippen LogP contribution in [0.4, 0.5) is 5.69 Å². The van der Waals surface area contributed by atoms with E-state index in [0.29, 0.717) is 12.0 Å². The van der Waals surface area contributed by atoms with Gasteiger partial charge < -0.3 is 15.4 Å². The molecule has 0 aliphatic carbocycles. The quantitative estimate of drug-likeness (QED) is 0.752. The molecule has 0 bridgehead atoms. The molecule has 3 N–H and O–H groups in total. The molecule has 0 saturated carbocycles. The van der Waals surface area contributed by atoms with Crippen LogP contribution in [0.5, 0.6) is 0 Å². The molecule has 5 nitrogen and oxygen atoms in total. The summed E-state index contributed by atoms with van der Waals surface area (Å²) in [5.41, 5.74) is 4.99. The number of hydrogen-bond acceptors (Lipinski definition) is 2. The fourth-order valence-corrected chi connectivity index (χ4v) is 2.69. The Hall–Kier alpha value is -2.53. The molecule has 0 atom stereocenters. The predicted octanol–water partition coefficient (Wildman–Crippen LogP) is 3.25. The summed E-state index contributed by atoms with van der Waals surface area (Å²) in [4.78, 5) is 26.0. The number of anilines is 1. The molecule has 0 fully saturated rings. The van der Waals surface area contributed by atoms with Crippen LogP contribution in [0.1, 0.15) is 28.8 Å². The number of hydrogen-bond donors (Lipinski definition) is 3. The van der Waals surface area contributed by atoms with Crippen molar-refractivity contribution in [3.8, 4) is 0 Å². The molecule has 1 aromatic heterocycles. The number of rotatable bonds is 4. The fourth-order valence-electron chi connectivity index (χ4n) is 2.69. The summed E-state index contributed by atoms with van der Waals surface area (Å²) < 4.78 is 0. The Kier molecular flexibility index (Phi) is 4.91. The van der Waals surface area contributed by atoms with Crippen LogP contribution >= 0.6 is 12.4 Å². The van der Waals surface area contributed by atoms with Crippen LogP contribution in [0.25, 0.3) is 11.6 Å². The number of H-pyrrole nitrogens is 1. The number of aryl methyl sites for hydroxylation is 1. The molecule has 1 aromatic carbocycles. The van der Waals surface area contributed by atoms with Crippen molar-refractivity contribution in [2.75, 3.05) is 5.32 Å². The molecule has 3 rings (SSSR count). The van der Waals surface area contributed by atoms with Crippen molar-refractivity contribution >= 4 is 41.6 Å². The molecule has 23 heavy (non-hydrogen) atoms. The molecule has 0 saturated heterocycles. The van der Waals surface area contributed by atoms with Crippen LogP contribution in [0.15, 0.2) is 30.5 Å². The first-order valence-electron chi connectivity index (χ1n) is 7.07. The zero-order chi connectivity index (χ0) is 15.7. The molecular weight excluding hydrogens is 316 g/mol. The molecule has 1 aliphatic heterocycles. The number of fused-ring (bicyclic) bond motifs is 1. The van der Waals surface area contributed by atoms with Gasteiger partial charge in [0.05, 0.1) is 5.57 Å². The topological polar surface area (TPSA) is 82.2 Å². The number of carboxylic acids is 1. The van der Waals surface area contributed by atoms with E-state index in [1.54, 1.807) is 6.08 Å². The standard InChI is InChI=1S/C17H16N2O3.ClH/c1-10-9-18-15(11(10)6-7-16(20)21)8-13-12-4-2-3-5-14(12)19-17(13)22;/h2-5,8-9,18H,6-7H2,1H3,(H,19,22)(H,20,21);1H. The van der Waals surface area contributed by atoms with Gasteiger partial charge in [0.25, 0.3) is 5.91 Å². The van der Waals surface area contributed by atoms with E-state index in [0.717, 1.165) is 28.1 Å². The zero-order valence-electron chi connectivity index (χ0n) is 12.6. The fraction of sp³-hybridized carbons (Fsp3) is 0.176. The Morgan fingerprint density at radius 3 is 2.78 bits per heavy atom. The molecule has 2 aromatic rings. The van der Waals surface area contributed by atoms with E-state index in [1.165, 1.54) is 0 Å². The molecular formula is C17H17ClN2O3. The lowest BCUT2D eigenvalue weighted by Gasteiger charge is -2.02. The Labute approximate surface area is 139 Å². The molecule has 0 radical (unpaired) electrons. The Morgan fingerprint density at radius 1 is 1.30 bits per heavy atom. The van der Waals surface area contributed by atoms with Gasteiger partial charge in [-0.25, -0.2) is 0 Å². The number of halogens is 1. The van der Waals surface area contributed by atoms with E-state index >= 15 is 0 Å². The Balaban J connectivity index is 0.00000192. The van der Waals surface area contributed by atoms with Gasteiger partial charge in [-0.1, -0.05) is 18.2 Å². The van der Waals surface area contributed by atoms with Crippen molar-refractivity contribution in [2.45, 2.75) is 19.8 Å². The van der Waals surface area contributed by atoms with Gasteiger partial charge in [-0.15, -0.1) is 12.4 Å². The first-order chi connectivity index (χ1) is 10.6. The van der Waals surface area contributed by atoms with Gasteiger partial charge in [0, 0.05) is 29.6 Å². The first kappa shape index (κ1) is 16.8. The summed E-state index contributed by atoms with van der Waals surface area (Å²) in [5, 5.41) is 11.7. The lowest BCUT2D eigenvalue weighted by Crippen LogP contribution is -2.04. The number of amides is 1. The second-order valence-electron chi connectivity index (χ2n) is 5.32. The number of aromatic nitrogens is 1. The van der Waals surface area contributed by atoms with E-state index in [-0.39, 0.29) is 24.7 Å². The molecule has 120 valence electrons. The smallest absolute Gasteiger partial charge is 0.303 e. The lowest BCUT2D eigenvalue weighted by molar-refractivity contribution is -0.137. The molecule has 0 spiro atoms. The molecule has 0 unspecified atom stereocenters. The maximum atomic E-state index is 12.1. The average Bonchev–Trinajstić information content (AvgIpc) is 2.98. The number of nitrogens with one attached hydrogen (secondary N) is 2. The van der Waals surface area contributed by atoms with E-state index in [1.807, 2.05) is 37.4 Å². The van der Waals surface area contributed by atoms with E-state index in [9.17, 15) is 9.59 Å². The highest BCUT2D eigenvalue weighted by Crippen LogP contribution is 2.33. The highest BCUT2D eigenvalue weighted by molar-refractivity contribution is 6.34. The Morgan fingerprint density at radius 2 is 2.04 bits per heavy atom. The van der Waals surface area contributed by atoms with Crippen molar-refractivity contribution in [1.29, 1.82) is 0 Å². The second kappa shape index (κ2) is 6.71. The van der Waals surface area contributed by atoms with E-state index < -0.39 is 5.97 Å². The van der Waals surface area contributed by atoms with Crippen LogP contribution in [-0.2, 0) is 16.0 Å². The number of carbonyl (C=O) groups excluding carboxylic acids is 1. The summed E-state index contributed by atoms with van der Waals surface area (Å²) in [5.74, 6) is -0.971. The van der Waals surface area contributed by atoms with Crippen molar-refractivity contribution in [1.82, 2.24) is 4.98 Å². The van der Waals surface area contributed by atoms with Gasteiger partial charge in [-0.2, -0.15) is 0 Å². The summed E-state index contributed by atoms with van der Waals surface area (Å²) in [6.07, 6.45) is 4.14. The van der Waals surface area contributed by atoms with Crippen molar-refractivity contribution < 1.29 is 14.7 Å². The lowest BCUT2D eigenvalue weighted by atomic mass is 10.0. The number of para-hydroxylation sites is 1. The van der Waals surface area contributed by atoms with Gasteiger partial charge >= 0.3 is 5.97 Å². The van der Waals surface area contributed by atoms with Crippen molar-refractivity contribution in [3.05, 3.63) is 52.8 Å². The summed E-state index contributed by atoms with van der Waals surface area (Å²) in [6.45, 7) is 1.93. The average molecular weight is 333 g/mol. The summed E-state index contributed by atoms with van der Waals surface area (Å²) in [6, 6.07) is 7.52. The SMILES string of the molecule is Cc1c[nH]c(C=C2C(=O)Nc3ccccc32)c1CCC(=O)O.Cl. The zero-order valence-corrected chi connectivity index (χ0v) is 13.4. The summed E-state index contributed by atoms with van der Waals surface area (Å²) in [7, 11) is 0. The third kappa shape index (κ3) is 3.29. The number of aliphatic carboxylic acids is 1. The van der Waals surface area contributed by atoms with E-state index in [4.69, 9.17) is 5.11 Å². The third-order valence-corrected chi connectivity index (χ3v) is 3.83. The van der Waals surface area contributed by atoms with Gasteiger partial charge in [0.1, 0.15) is 0 Å². The van der Waals surface area contributed by atoms with Gasteiger partial charge in [-0.3, -0.25) is 9.59 Å². The largest absolute Gasteiger partial charge is 0.481 e. The van der Waals surface area contributed by atoms with Crippen molar-refractivity contribution in [2.24, 2.45) is 0 Å². The maximum Gasteiger partial charge on any atom is 0.303 e. The van der Waals surface area contributed by atoms with Crippen molar-refractivity contribution in [3.63, 3.8) is 0 Å². The number of carbonyl (C=O) groups is 2.